The van der Waals surface area contributed by atoms with Crippen molar-refractivity contribution in [2.24, 2.45) is 5.73 Å². The van der Waals surface area contributed by atoms with Crippen LogP contribution in [0.15, 0.2) is 23.1 Å². The highest BCUT2D eigenvalue weighted by atomic mass is 32.2. The minimum absolute atomic E-state index is 0.398. The van der Waals surface area contributed by atoms with Crippen molar-refractivity contribution in [1.29, 1.82) is 0 Å². The summed E-state index contributed by atoms with van der Waals surface area (Å²) in [5.41, 5.74) is 7.71. The molecule has 0 spiro atoms. The Balaban J connectivity index is 2.81. The first-order valence-electron chi connectivity index (χ1n) is 5.21. The van der Waals surface area contributed by atoms with E-state index in [2.05, 4.69) is 6.07 Å². The van der Waals surface area contributed by atoms with Crippen LogP contribution in [0.3, 0.4) is 0 Å². The molecule has 0 radical (unpaired) electrons. The summed E-state index contributed by atoms with van der Waals surface area (Å²) in [6, 6.07) is 6.03. The molecule has 0 amide bonds. The molecule has 1 atom stereocenters. The maximum Gasteiger partial charge on any atom is 0.317 e. The van der Waals surface area contributed by atoms with E-state index >= 15 is 0 Å². The molecule has 1 unspecified atom stereocenters. The van der Waals surface area contributed by atoms with Crippen molar-refractivity contribution in [3.8, 4) is 0 Å². The van der Waals surface area contributed by atoms with E-state index in [0.29, 0.717) is 13.0 Å². The van der Waals surface area contributed by atoms with Crippen molar-refractivity contribution < 1.29 is 9.90 Å². The molecule has 0 fully saturated rings. The number of benzene rings is 1. The molecule has 0 aromatic heterocycles. The molecule has 0 heterocycles. The molecule has 1 rings (SSSR count). The number of hydrogen-bond acceptors (Lipinski definition) is 3. The molecule has 4 heteroatoms. The average Bonchev–Trinajstić information content (AvgIpc) is 2.20. The van der Waals surface area contributed by atoms with E-state index in [1.54, 1.807) is 0 Å². The Morgan fingerprint density at radius 1 is 1.50 bits per heavy atom. The van der Waals surface area contributed by atoms with Crippen molar-refractivity contribution in [3.05, 3.63) is 29.3 Å². The fourth-order valence-electron chi connectivity index (χ4n) is 1.47. The summed E-state index contributed by atoms with van der Waals surface area (Å²) in [5, 5.41) is 8.58. The number of hydrogen-bond donors (Lipinski definition) is 2. The number of carboxylic acid groups (broad SMARTS) is 1. The van der Waals surface area contributed by atoms with Gasteiger partial charge in [0.25, 0.3) is 0 Å². The molecule has 0 aliphatic heterocycles. The SMILES string of the molecule is Cc1ccc(SC(CCN)C(=O)O)c(C)c1. The minimum Gasteiger partial charge on any atom is -0.480 e. The lowest BCUT2D eigenvalue weighted by Crippen LogP contribution is -2.20. The summed E-state index contributed by atoms with van der Waals surface area (Å²) in [6.45, 7) is 4.42. The van der Waals surface area contributed by atoms with E-state index in [9.17, 15) is 4.79 Å². The van der Waals surface area contributed by atoms with Gasteiger partial charge in [0, 0.05) is 4.90 Å². The summed E-state index contributed by atoms with van der Waals surface area (Å²) >= 11 is 1.38. The number of nitrogens with two attached hydrogens (primary N) is 1. The second-order valence-electron chi connectivity index (χ2n) is 3.79. The van der Waals surface area contributed by atoms with Crippen LogP contribution < -0.4 is 5.73 Å². The molecule has 0 saturated carbocycles. The highest BCUT2D eigenvalue weighted by Gasteiger charge is 2.18. The van der Waals surface area contributed by atoms with Crippen LogP contribution in [-0.2, 0) is 4.79 Å². The van der Waals surface area contributed by atoms with Crippen LogP contribution in [-0.4, -0.2) is 22.9 Å². The predicted octanol–water partition coefficient (Wildman–Crippen LogP) is 2.20. The van der Waals surface area contributed by atoms with Gasteiger partial charge in [0.05, 0.1) is 0 Å². The summed E-state index contributed by atoms with van der Waals surface area (Å²) < 4.78 is 0. The summed E-state index contributed by atoms with van der Waals surface area (Å²) in [5.74, 6) is -0.796. The van der Waals surface area contributed by atoms with Crippen LogP contribution in [0.4, 0.5) is 0 Å². The third-order valence-electron chi connectivity index (χ3n) is 2.30. The number of aliphatic carboxylic acids is 1. The molecule has 1 aromatic rings. The van der Waals surface area contributed by atoms with E-state index in [1.165, 1.54) is 17.3 Å². The van der Waals surface area contributed by atoms with Crippen LogP contribution in [0.5, 0.6) is 0 Å². The third-order valence-corrected chi connectivity index (χ3v) is 3.74. The molecule has 0 aliphatic carbocycles. The van der Waals surface area contributed by atoms with E-state index in [-0.39, 0.29) is 0 Å². The fourth-order valence-corrected chi connectivity index (χ4v) is 2.52. The Morgan fingerprint density at radius 2 is 2.19 bits per heavy atom. The molecule has 3 nitrogen and oxygen atoms in total. The Morgan fingerprint density at radius 3 is 2.69 bits per heavy atom. The first-order chi connectivity index (χ1) is 7.54. The topological polar surface area (TPSA) is 63.3 Å². The van der Waals surface area contributed by atoms with Crippen LogP contribution in [0.25, 0.3) is 0 Å². The molecule has 0 bridgehead atoms. The predicted molar refractivity (Wildman–Crippen MR) is 66.9 cm³/mol. The Bertz CT molecular complexity index is 379. The van der Waals surface area contributed by atoms with Gasteiger partial charge in [-0.15, -0.1) is 11.8 Å². The second-order valence-corrected chi connectivity index (χ2v) is 5.04. The Kier molecular flexibility index (Phi) is 4.83. The lowest BCUT2D eigenvalue weighted by Gasteiger charge is -2.12. The first kappa shape index (κ1) is 13.1. The highest BCUT2D eigenvalue weighted by Crippen LogP contribution is 2.28. The smallest absolute Gasteiger partial charge is 0.317 e. The van der Waals surface area contributed by atoms with Crippen LogP contribution >= 0.6 is 11.8 Å². The van der Waals surface area contributed by atoms with Gasteiger partial charge in [-0.25, -0.2) is 0 Å². The lowest BCUT2D eigenvalue weighted by molar-refractivity contribution is -0.136. The van der Waals surface area contributed by atoms with Gasteiger partial charge in [-0.1, -0.05) is 17.7 Å². The summed E-state index contributed by atoms with van der Waals surface area (Å²) in [6.07, 6.45) is 0.493. The van der Waals surface area contributed by atoms with Gasteiger partial charge >= 0.3 is 5.97 Å². The summed E-state index contributed by atoms with van der Waals surface area (Å²) in [7, 11) is 0. The number of thioether (sulfide) groups is 1. The zero-order valence-electron chi connectivity index (χ0n) is 9.56. The zero-order valence-corrected chi connectivity index (χ0v) is 10.4. The molecule has 16 heavy (non-hydrogen) atoms. The minimum atomic E-state index is -0.796. The first-order valence-corrected chi connectivity index (χ1v) is 6.09. The standard InChI is InChI=1S/C12H17NO2S/c1-8-3-4-10(9(2)7-8)16-11(5-6-13)12(14)15/h3-4,7,11H,5-6,13H2,1-2H3,(H,14,15). The van der Waals surface area contributed by atoms with Gasteiger partial charge in [-0.3, -0.25) is 4.79 Å². The monoisotopic (exact) mass is 239 g/mol. The quantitative estimate of drug-likeness (QED) is 0.773. The molecular weight excluding hydrogens is 222 g/mol. The second kappa shape index (κ2) is 5.92. The fraction of sp³-hybridized carbons (Fsp3) is 0.417. The van der Waals surface area contributed by atoms with Gasteiger partial charge in [0.15, 0.2) is 0 Å². The van der Waals surface area contributed by atoms with Crippen LogP contribution in [0, 0.1) is 13.8 Å². The van der Waals surface area contributed by atoms with E-state index in [1.807, 2.05) is 26.0 Å². The third kappa shape index (κ3) is 3.54. The van der Waals surface area contributed by atoms with Gasteiger partial charge in [-0.2, -0.15) is 0 Å². The number of aryl methyl sites for hydroxylation is 2. The van der Waals surface area contributed by atoms with Crippen molar-refractivity contribution in [2.75, 3.05) is 6.54 Å². The largest absolute Gasteiger partial charge is 0.480 e. The van der Waals surface area contributed by atoms with Gasteiger partial charge in [0.2, 0.25) is 0 Å². The average molecular weight is 239 g/mol. The van der Waals surface area contributed by atoms with Crippen molar-refractivity contribution >= 4 is 17.7 Å². The van der Waals surface area contributed by atoms with Crippen LogP contribution in [0.1, 0.15) is 17.5 Å². The maximum absolute atomic E-state index is 11.0. The lowest BCUT2D eigenvalue weighted by atomic mass is 10.2. The van der Waals surface area contributed by atoms with Crippen molar-refractivity contribution in [3.63, 3.8) is 0 Å². The van der Waals surface area contributed by atoms with Crippen LogP contribution in [0.2, 0.25) is 0 Å². The maximum atomic E-state index is 11.0. The molecule has 0 saturated heterocycles. The Labute approximate surface area is 100 Å². The normalized spacial score (nSPS) is 12.4. The number of rotatable bonds is 5. The summed E-state index contributed by atoms with van der Waals surface area (Å²) in [4.78, 5) is 12.0. The van der Waals surface area contributed by atoms with E-state index in [0.717, 1.165) is 10.5 Å². The Hall–Kier alpha value is -1.00. The van der Waals surface area contributed by atoms with E-state index in [4.69, 9.17) is 10.8 Å². The number of carboxylic acids is 1. The van der Waals surface area contributed by atoms with Gasteiger partial charge in [-0.05, 0) is 38.4 Å². The molecule has 88 valence electrons. The van der Waals surface area contributed by atoms with Crippen molar-refractivity contribution in [1.82, 2.24) is 0 Å². The molecular formula is C12H17NO2S. The highest BCUT2D eigenvalue weighted by molar-refractivity contribution is 8.00. The molecule has 1 aromatic carbocycles. The van der Waals surface area contributed by atoms with Gasteiger partial charge in [0.1, 0.15) is 5.25 Å². The van der Waals surface area contributed by atoms with Crippen molar-refractivity contribution in [2.45, 2.75) is 30.4 Å². The molecule has 3 N–H and O–H groups in total. The number of carbonyl (C=O) groups is 1. The van der Waals surface area contributed by atoms with E-state index < -0.39 is 11.2 Å². The zero-order chi connectivity index (χ0) is 12.1. The van der Waals surface area contributed by atoms with Gasteiger partial charge < -0.3 is 10.8 Å². The molecule has 0 aliphatic rings.